The van der Waals surface area contributed by atoms with Gasteiger partial charge in [0, 0.05) is 23.3 Å². The molecule has 1 aliphatic carbocycles. The van der Waals surface area contributed by atoms with Crippen molar-refractivity contribution in [3.63, 3.8) is 0 Å². The zero-order valence-electron chi connectivity index (χ0n) is 18.7. The molecule has 4 rings (SSSR count). The molecule has 1 atom stereocenters. The highest BCUT2D eigenvalue weighted by molar-refractivity contribution is 6.01. The van der Waals surface area contributed by atoms with Gasteiger partial charge in [0.2, 0.25) is 0 Å². The lowest BCUT2D eigenvalue weighted by Crippen LogP contribution is -2.38. The van der Waals surface area contributed by atoms with Crippen LogP contribution in [-0.4, -0.2) is 19.0 Å². The lowest BCUT2D eigenvalue weighted by Gasteiger charge is -2.40. The van der Waals surface area contributed by atoms with Gasteiger partial charge in [-0.2, -0.15) is 5.26 Å². The topological polar surface area (TPSA) is 88.6 Å². The number of hydrogen-bond acceptors (Lipinski definition) is 6. The Morgan fingerprint density at radius 1 is 1.15 bits per heavy atom. The van der Waals surface area contributed by atoms with Crippen molar-refractivity contribution in [2.45, 2.75) is 39.0 Å². The number of rotatable bonds is 6. The first-order valence-corrected chi connectivity index (χ1v) is 11.1. The number of carbonyl (C=O) groups excluding carboxylic acids is 1. The molecule has 2 aromatic rings. The van der Waals surface area contributed by atoms with Crippen LogP contribution in [0.1, 0.15) is 44.6 Å². The summed E-state index contributed by atoms with van der Waals surface area (Å²) in [6.45, 7) is 4.65. The molecule has 0 aromatic heterocycles. The van der Waals surface area contributed by atoms with Crippen molar-refractivity contribution < 1.29 is 18.7 Å². The van der Waals surface area contributed by atoms with Gasteiger partial charge in [0.05, 0.1) is 36.5 Å². The minimum Gasteiger partial charge on any atom is -0.494 e. The van der Waals surface area contributed by atoms with Crippen LogP contribution in [0.25, 0.3) is 0 Å². The van der Waals surface area contributed by atoms with E-state index in [-0.39, 0.29) is 17.2 Å². The Labute approximate surface area is 192 Å². The molecule has 0 fully saturated rings. The van der Waals surface area contributed by atoms with Crippen LogP contribution in [0.3, 0.4) is 0 Å². The molecule has 2 aromatic carbocycles. The van der Waals surface area contributed by atoms with E-state index in [2.05, 4.69) is 6.07 Å². The van der Waals surface area contributed by atoms with Gasteiger partial charge in [0.25, 0.3) is 0 Å². The van der Waals surface area contributed by atoms with Crippen molar-refractivity contribution in [3.8, 4) is 17.6 Å². The van der Waals surface area contributed by atoms with E-state index in [1.165, 1.54) is 12.1 Å². The summed E-state index contributed by atoms with van der Waals surface area (Å²) in [6.07, 6.45) is 1.62. The van der Waals surface area contributed by atoms with Gasteiger partial charge in [-0.05, 0) is 63.1 Å². The molecule has 0 saturated heterocycles. The van der Waals surface area contributed by atoms with E-state index in [4.69, 9.17) is 15.2 Å². The number of nitrogens with zero attached hydrogens (tertiary/aromatic N) is 2. The first-order chi connectivity index (χ1) is 16.0. The quantitative estimate of drug-likeness (QED) is 0.676. The van der Waals surface area contributed by atoms with E-state index in [0.717, 1.165) is 0 Å². The van der Waals surface area contributed by atoms with Crippen LogP contribution in [0.5, 0.6) is 11.5 Å². The molecule has 0 spiro atoms. The van der Waals surface area contributed by atoms with E-state index < -0.39 is 11.7 Å². The molecule has 2 N–H and O–H groups in total. The Bertz CT molecular complexity index is 1200. The second-order valence-electron chi connectivity index (χ2n) is 7.86. The Morgan fingerprint density at radius 2 is 1.94 bits per heavy atom. The third kappa shape index (κ3) is 4.05. The molecule has 1 unspecified atom stereocenters. The van der Waals surface area contributed by atoms with Crippen LogP contribution < -0.4 is 20.1 Å². The number of hydrogen-bond donors (Lipinski definition) is 1. The Morgan fingerprint density at radius 3 is 2.64 bits per heavy atom. The van der Waals surface area contributed by atoms with E-state index in [1.807, 2.05) is 19.9 Å². The third-order valence-electron chi connectivity index (χ3n) is 5.88. The summed E-state index contributed by atoms with van der Waals surface area (Å²) in [5.74, 6) is 0.205. The number of anilines is 1. The van der Waals surface area contributed by atoms with Gasteiger partial charge in [-0.15, -0.1) is 0 Å². The van der Waals surface area contributed by atoms with Crippen LogP contribution >= 0.6 is 0 Å². The molecule has 0 saturated carbocycles. The van der Waals surface area contributed by atoms with Crippen molar-refractivity contribution >= 4 is 11.5 Å². The zero-order chi connectivity index (χ0) is 23.5. The van der Waals surface area contributed by atoms with Gasteiger partial charge in [0.15, 0.2) is 5.78 Å². The predicted molar refractivity (Wildman–Crippen MR) is 123 cm³/mol. The highest BCUT2D eigenvalue weighted by atomic mass is 19.1. The molecular formula is C26H26FN3O3. The minimum absolute atomic E-state index is 0.0489. The van der Waals surface area contributed by atoms with Gasteiger partial charge in [-0.3, -0.25) is 9.69 Å². The summed E-state index contributed by atoms with van der Waals surface area (Å²) in [5.41, 5.74) is 9.12. The molecule has 7 heteroatoms. The third-order valence-corrected chi connectivity index (χ3v) is 5.88. The summed E-state index contributed by atoms with van der Waals surface area (Å²) >= 11 is 0. The fourth-order valence-corrected chi connectivity index (χ4v) is 4.60. The standard InChI is InChI=1S/C26H26FN3O3/c1-3-32-18-11-12-23(33-4-2)19(14-18)24-20(15-28)26(29)30(17-8-5-7-16(27)13-17)21-9-6-10-22(31)25(21)24/h5,7-8,11-14,24H,3-4,6,9-10,29H2,1-2H3. The van der Waals surface area contributed by atoms with Crippen molar-refractivity contribution in [1.82, 2.24) is 0 Å². The first-order valence-electron chi connectivity index (χ1n) is 11.1. The van der Waals surface area contributed by atoms with Crippen LogP contribution in [-0.2, 0) is 4.79 Å². The highest BCUT2D eigenvalue weighted by Crippen LogP contribution is 2.48. The number of nitrogens with two attached hydrogens (primary N) is 1. The summed E-state index contributed by atoms with van der Waals surface area (Å²) in [7, 11) is 0. The first kappa shape index (κ1) is 22.4. The van der Waals surface area contributed by atoms with Gasteiger partial charge in [0.1, 0.15) is 23.1 Å². The fourth-order valence-electron chi connectivity index (χ4n) is 4.60. The number of carbonyl (C=O) groups is 1. The van der Waals surface area contributed by atoms with Crippen LogP contribution in [0, 0.1) is 17.1 Å². The van der Waals surface area contributed by atoms with E-state index >= 15 is 0 Å². The molecule has 0 radical (unpaired) electrons. The fraction of sp³-hybridized carbons (Fsp3) is 0.308. The van der Waals surface area contributed by atoms with Crippen molar-refractivity contribution in [2.75, 3.05) is 18.1 Å². The van der Waals surface area contributed by atoms with Gasteiger partial charge in [-0.25, -0.2) is 4.39 Å². The maximum Gasteiger partial charge on any atom is 0.161 e. The highest BCUT2D eigenvalue weighted by Gasteiger charge is 2.41. The normalized spacial score (nSPS) is 18.2. The van der Waals surface area contributed by atoms with Crippen molar-refractivity contribution in [3.05, 3.63) is 76.5 Å². The van der Waals surface area contributed by atoms with Gasteiger partial charge >= 0.3 is 0 Å². The van der Waals surface area contributed by atoms with Crippen molar-refractivity contribution in [2.24, 2.45) is 5.73 Å². The molecule has 6 nitrogen and oxygen atoms in total. The minimum atomic E-state index is -0.690. The smallest absolute Gasteiger partial charge is 0.161 e. The Hall–Kier alpha value is -3.79. The molecule has 0 bridgehead atoms. The summed E-state index contributed by atoms with van der Waals surface area (Å²) in [4.78, 5) is 15.0. The Kier molecular flexibility index (Phi) is 6.36. The largest absolute Gasteiger partial charge is 0.494 e. The number of Topliss-reactive ketones (excluding diaryl/α,β-unsaturated/α-hetero) is 1. The summed E-state index contributed by atoms with van der Waals surface area (Å²) < 4.78 is 25.6. The van der Waals surface area contributed by atoms with Crippen LogP contribution in [0.4, 0.5) is 10.1 Å². The number of benzene rings is 2. The lowest BCUT2D eigenvalue weighted by molar-refractivity contribution is -0.116. The molecule has 1 heterocycles. The molecule has 0 amide bonds. The molecule has 2 aliphatic rings. The second-order valence-corrected chi connectivity index (χ2v) is 7.86. The number of ketones is 1. The molecule has 170 valence electrons. The second kappa shape index (κ2) is 9.37. The van der Waals surface area contributed by atoms with E-state index in [9.17, 15) is 14.4 Å². The van der Waals surface area contributed by atoms with Gasteiger partial charge in [-0.1, -0.05) is 6.07 Å². The average Bonchev–Trinajstić information content (AvgIpc) is 2.80. The summed E-state index contributed by atoms with van der Waals surface area (Å²) in [5, 5.41) is 10.2. The van der Waals surface area contributed by atoms with Crippen LogP contribution in [0.2, 0.25) is 0 Å². The van der Waals surface area contributed by atoms with E-state index in [1.54, 1.807) is 29.2 Å². The van der Waals surface area contributed by atoms with Gasteiger partial charge < -0.3 is 15.2 Å². The Balaban J connectivity index is 1.98. The van der Waals surface area contributed by atoms with Crippen LogP contribution in [0.15, 0.2) is 65.1 Å². The van der Waals surface area contributed by atoms with Crippen molar-refractivity contribution in [1.29, 1.82) is 5.26 Å². The maximum atomic E-state index is 14.1. The maximum absolute atomic E-state index is 14.1. The number of ether oxygens (including phenoxy) is 2. The zero-order valence-corrected chi connectivity index (χ0v) is 18.7. The summed E-state index contributed by atoms with van der Waals surface area (Å²) in [6, 6.07) is 13.6. The lowest BCUT2D eigenvalue weighted by atomic mass is 9.75. The molecular weight excluding hydrogens is 421 g/mol. The van der Waals surface area contributed by atoms with E-state index in [0.29, 0.717) is 66.5 Å². The monoisotopic (exact) mass is 447 g/mol. The number of allylic oxidation sites excluding steroid dienone is 3. The molecule has 33 heavy (non-hydrogen) atoms. The number of nitriles is 1. The SMILES string of the molecule is CCOc1ccc(OCC)c(C2C(C#N)=C(N)N(c3cccc(F)c3)C3=C2C(=O)CCC3)c1. The number of halogens is 1. The predicted octanol–water partition coefficient (Wildman–Crippen LogP) is 4.93. The average molecular weight is 448 g/mol. The molecule has 1 aliphatic heterocycles.